The van der Waals surface area contributed by atoms with Crippen LogP contribution in [0.2, 0.25) is 0 Å². The second kappa shape index (κ2) is 11.7. The standard InChI is InChI=1S/C33H29FN4O3S/c1-21-14-15-27(22(2)17-21)38-33-30(31(36-38)23-9-4-3-5-10-23)32(25-12-6-7-13-26(25)34)42-20-29(40)37(33)19-28(39)35-18-24-11-8-16-41-24/h3-17,32H,18-20H2,1-2H3,(H,35,39)/t32-/m0/s1. The average Bonchev–Trinajstić information content (AvgIpc) is 3.62. The van der Waals surface area contributed by atoms with Crippen molar-refractivity contribution < 1.29 is 18.4 Å². The normalized spacial score (nSPS) is 14.9. The lowest BCUT2D eigenvalue weighted by atomic mass is 9.99. The number of nitrogens with zero attached hydrogens (tertiary/aromatic N) is 3. The molecule has 0 spiro atoms. The highest BCUT2D eigenvalue weighted by Gasteiger charge is 2.38. The fourth-order valence-electron chi connectivity index (χ4n) is 5.27. The van der Waals surface area contributed by atoms with Crippen molar-refractivity contribution in [2.24, 2.45) is 0 Å². The molecule has 0 unspecified atom stereocenters. The zero-order valence-corrected chi connectivity index (χ0v) is 24.0. The van der Waals surface area contributed by atoms with E-state index in [1.807, 2.05) is 62.4 Å². The molecule has 9 heteroatoms. The van der Waals surface area contributed by atoms with Crippen LogP contribution in [0.4, 0.5) is 10.2 Å². The van der Waals surface area contributed by atoms with Crippen LogP contribution in [-0.4, -0.2) is 33.9 Å². The van der Waals surface area contributed by atoms with E-state index in [1.54, 1.807) is 41.3 Å². The van der Waals surface area contributed by atoms with Gasteiger partial charge in [0.25, 0.3) is 0 Å². The summed E-state index contributed by atoms with van der Waals surface area (Å²) in [5.74, 6) is 0.135. The number of thioether (sulfide) groups is 1. The molecule has 1 aliphatic heterocycles. The molecule has 6 rings (SSSR count). The fraction of sp³-hybridized carbons (Fsp3) is 0.182. The Morgan fingerprint density at radius 3 is 2.57 bits per heavy atom. The zero-order valence-electron chi connectivity index (χ0n) is 23.2. The maximum atomic E-state index is 15.4. The quantitative estimate of drug-likeness (QED) is 0.242. The smallest absolute Gasteiger partial charge is 0.240 e. The topological polar surface area (TPSA) is 80.4 Å². The number of hydrogen-bond donors (Lipinski definition) is 1. The van der Waals surface area contributed by atoms with Crippen LogP contribution < -0.4 is 10.2 Å². The van der Waals surface area contributed by atoms with Crippen molar-refractivity contribution in [1.82, 2.24) is 15.1 Å². The second-order valence-electron chi connectivity index (χ2n) is 10.2. The number of carbonyl (C=O) groups is 2. The monoisotopic (exact) mass is 580 g/mol. The van der Waals surface area contributed by atoms with Gasteiger partial charge in [-0.1, -0.05) is 66.2 Å². The van der Waals surface area contributed by atoms with Gasteiger partial charge in [0.2, 0.25) is 11.8 Å². The lowest BCUT2D eigenvalue weighted by molar-refractivity contribution is -0.123. The van der Waals surface area contributed by atoms with Crippen molar-refractivity contribution in [1.29, 1.82) is 0 Å². The fourth-order valence-corrected chi connectivity index (χ4v) is 6.49. The molecule has 2 amide bonds. The van der Waals surface area contributed by atoms with Crippen molar-refractivity contribution in [2.45, 2.75) is 25.6 Å². The van der Waals surface area contributed by atoms with Crippen LogP contribution in [-0.2, 0) is 16.1 Å². The van der Waals surface area contributed by atoms with Gasteiger partial charge in [-0.15, -0.1) is 11.8 Å². The minimum atomic E-state index is -0.545. The van der Waals surface area contributed by atoms with Crippen LogP contribution in [0.25, 0.3) is 16.9 Å². The first-order valence-electron chi connectivity index (χ1n) is 13.6. The Morgan fingerprint density at radius 1 is 1.05 bits per heavy atom. The van der Waals surface area contributed by atoms with E-state index in [1.165, 1.54) is 22.7 Å². The number of amides is 2. The van der Waals surface area contributed by atoms with Gasteiger partial charge in [-0.05, 0) is 43.7 Å². The number of hydrogen-bond acceptors (Lipinski definition) is 5. The summed E-state index contributed by atoms with van der Waals surface area (Å²) in [5.41, 5.74) is 5.40. The minimum absolute atomic E-state index is 0.0558. The van der Waals surface area contributed by atoms with E-state index in [2.05, 4.69) is 5.32 Å². The number of halogens is 1. The zero-order chi connectivity index (χ0) is 29.2. The Hall–Kier alpha value is -4.63. The van der Waals surface area contributed by atoms with Crippen molar-refractivity contribution in [3.05, 3.63) is 125 Å². The Bertz CT molecular complexity index is 1750. The summed E-state index contributed by atoms with van der Waals surface area (Å²) in [6.07, 6.45) is 1.54. The molecular formula is C33H29FN4O3S. The summed E-state index contributed by atoms with van der Waals surface area (Å²) in [6, 6.07) is 25.8. The lowest BCUT2D eigenvalue weighted by Gasteiger charge is -2.24. The molecule has 3 aromatic carbocycles. The molecule has 0 aliphatic carbocycles. The summed E-state index contributed by atoms with van der Waals surface area (Å²) in [4.78, 5) is 28.6. The third-order valence-electron chi connectivity index (χ3n) is 7.25. The number of rotatable bonds is 7. The van der Waals surface area contributed by atoms with Gasteiger partial charge in [0.1, 0.15) is 23.9 Å². The van der Waals surface area contributed by atoms with Crippen LogP contribution in [0.3, 0.4) is 0 Å². The number of carbonyl (C=O) groups excluding carboxylic acids is 2. The van der Waals surface area contributed by atoms with Crippen molar-refractivity contribution in [3.8, 4) is 16.9 Å². The van der Waals surface area contributed by atoms with Gasteiger partial charge >= 0.3 is 0 Å². The summed E-state index contributed by atoms with van der Waals surface area (Å²) < 4.78 is 22.5. The van der Waals surface area contributed by atoms with Gasteiger partial charge in [0.05, 0.1) is 35.2 Å². The molecule has 2 aromatic heterocycles. The van der Waals surface area contributed by atoms with Gasteiger partial charge < -0.3 is 9.73 Å². The molecule has 1 atom stereocenters. The Balaban J connectivity index is 1.57. The van der Waals surface area contributed by atoms with Gasteiger partial charge in [0, 0.05) is 16.7 Å². The Morgan fingerprint density at radius 2 is 1.83 bits per heavy atom. The van der Waals surface area contributed by atoms with E-state index < -0.39 is 5.25 Å². The van der Waals surface area contributed by atoms with E-state index in [9.17, 15) is 9.59 Å². The molecule has 5 aromatic rings. The third-order valence-corrected chi connectivity index (χ3v) is 8.48. The molecule has 42 heavy (non-hydrogen) atoms. The molecule has 3 heterocycles. The number of benzene rings is 3. The summed E-state index contributed by atoms with van der Waals surface area (Å²) in [5, 5.41) is 7.39. The molecular weight excluding hydrogens is 551 g/mol. The van der Waals surface area contributed by atoms with Crippen LogP contribution in [0.1, 0.15) is 33.3 Å². The first-order chi connectivity index (χ1) is 20.4. The number of furan rings is 1. The predicted molar refractivity (Wildman–Crippen MR) is 162 cm³/mol. The van der Waals surface area contributed by atoms with Gasteiger partial charge in [0.15, 0.2) is 0 Å². The van der Waals surface area contributed by atoms with Crippen molar-refractivity contribution >= 4 is 29.4 Å². The molecule has 212 valence electrons. The largest absolute Gasteiger partial charge is 0.467 e. The highest BCUT2D eigenvalue weighted by molar-refractivity contribution is 8.00. The molecule has 0 saturated carbocycles. The molecule has 1 aliphatic rings. The van der Waals surface area contributed by atoms with E-state index in [4.69, 9.17) is 9.52 Å². The number of nitrogens with one attached hydrogen (secondary N) is 1. The minimum Gasteiger partial charge on any atom is -0.467 e. The van der Waals surface area contributed by atoms with Crippen LogP contribution in [0.15, 0.2) is 95.6 Å². The molecule has 0 radical (unpaired) electrons. The molecule has 1 N–H and O–H groups in total. The lowest BCUT2D eigenvalue weighted by Crippen LogP contribution is -2.42. The summed E-state index contributed by atoms with van der Waals surface area (Å²) in [7, 11) is 0. The number of anilines is 1. The SMILES string of the molecule is Cc1ccc(-n2nc(-c3ccccc3)c3c2N(CC(=O)NCc2ccco2)C(=O)CS[C@H]3c2ccccc2F)c(C)c1. The maximum Gasteiger partial charge on any atom is 0.240 e. The van der Waals surface area contributed by atoms with E-state index in [0.29, 0.717) is 28.4 Å². The van der Waals surface area contributed by atoms with Crippen molar-refractivity contribution in [3.63, 3.8) is 0 Å². The van der Waals surface area contributed by atoms with Gasteiger partial charge in [-0.25, -0.2) is 9.07 Å². The van der Waals surface area contributed by atoms with E-state index in [0.717, 1.165) is 22.4 Å². The highest BCUT2D eigenvalue weighted by atomic mass is 32.2. The predicted octanol–water partition coefficient (Wildman–Crippen LogP) is 6.37. The third kappa shape index (κ3) is 5.35. The summed E-state index contributed by atoms with van der Waals surface area (Å²) >= 11 is 1.34. The highest BCUT2D eigenvalue weighted by Crippen LogP contribution is 2.49. The first-order valence-corrected chi connectivity index (χ1v) is 14.7. The number of fused-ring (bicyclic) bond motifs is 1. The van der Waals surface area contributed by atoms with E-state index in [-0.39, 0.29) is 36.5 Å². The van der Waals surface area contributed by atoms with Gasteiger partial charge in [-0.2, -0.15) is 5.10 Å². The Labute approximate surface area is 247 Å². The molecule has 0 fully saturated rings. The van der Waals surface area contributed by atoms with E-state index >= 15 is 4.39 Å². The molecule has 0 bridgehead atoms. The molecule has 0 saturated heterocycles. The van der Waals surface area contributed by atoms with Crippen LogP contribution >= 0.6 is 11.8 Å². The van der Waals surface area contributed by atoms with Crippen LogP contribution in [0, 0.1) is 19.7 Å². The Kier molecular flexibility index (Phi) is 7.67. The number of aromatic nitrogens is 2. The molecule has 7 nitrogen and oxygen atoms in total. The van der Waals surface area contributed by atoms with Crippen LogP contribution in [0.5, 0.6) is 0 Å². The number of aryl methyl sites for hydroxylation is 2. The van der Waals surface area contributed by atoms with Gasteiger partial charge in [-0.3, -0.25) is 14.5 Å². The maximum absolute atomic E-state index is 15.4. The van der Waals surface area contributed by atoms with Crippen molar-refractivity contribution in [2.75, 3.05) is 17.2 Å². The second-order valence-corrected chi connectivity index (χ2v) is 11.3. The summed E-state index contributed by atoms with van der Waals surface area (Å²) in [6.45, 7) is 3.96. The average molecular weight is 581 g/mol. The first kappa shape index (κ1) is 27.5.